The Balaban J connectivity index is 1.04. The highest BCUT2D eigenvalue weighted by Gasteiger charge is 2.19. The summed E-state index contributed by atoms with van der Waals surface area (Å²) >= 11 is 0. The van der Waals surface area contributed by atoms with E-state index in [1.807, 2.05) is 72.8 Å². The molecule has 0 aliphatic carbocycles. The Kier molecular flexibility index (Phi) is 6.42. The number of nitrogens with zero attached hydrogens (tertiary/aromatic N) is 4. The highest BCUT2D eigenvalue weighted by Crippen LogP contribution is 2.40. The van der Waals surface area contributed by atoms with E-state index in [1.54, 1.807) is 0 Å². The van der Waals surface area contributed by atoms with Gasteiger partial charge >= 0.3 is 0 Å². The Hall–Kier alpha value is -6.85. The van der Waals surface area contributed by atoms with Gasteiger partial charge in [0.1, 0.15) is 5.58 Å². The molecule has 0 spiro atoms. The maximum atomic E-state index is 6.53. The van der Waals surface area contributed by atoms with Crippen molar-refractivity contribution in [2.75, 3.05) is 0 Å². The summed E-state index contributed by atoms with van der Waals surface area (Å²) in [7, 11) is 0. The maximum absolute atomic E-state index is 6.53. The van der Waals surface area contributed by atoms with Crippen LogP contribution in [0.5, 0.6) is 0 Å². The molecule has 0 saturated carbocycles. The summed E-state index contributed by atoms with van der Waals surface area (Å²) in [5, 5.41) is 4.63. The largest absolute Gasteiger partial charge is 0.454 e. The summed E-state index contributed by atoms with van der Waals surface area (Å²) in [5.41, 5.74) is 10.2. The second-order valence-electron chi connectivity index (χ2n) is 12.5. The number of para-hydroxylation sites is 2. The summed E-state index contributed by atoms with van der Waals surface area (Å²) in [6.07, 6.45) is 0. The summed E-state index contributed by atoms with van der Waals surface area (Å²) in [5.74, 6) is 1.95. The fourth-order valence-electron chi connectivity index (χ4n) is 7.05. The van der Waals surface area contributed by atoms with Crippen LogP contribution in [0.3, 0.4) is 0 Å². The first-order valence-electron chi connectivity index (χ1n) is 16.7. The standard InChI is InChI=1S/C45H28N4O/c1-3-11-31(12-4-1)43-46-44(32-13-5-2-6-14-32)48-45(47-43)33-21-19-29(20-22-33)30-23-25-34(26-24-30)49-39-17-9-7-15-35(39)37-27-28-38-36-16-8-10-18-40(36)50-42(38)41(37)49/h1-28H. The zero-order chi connectivity index (χ0) is 33.0. The SMILES string of the molecule is c1ccc(-c2nc(-c3ccccc3)nc(-c3ccc(-c4ccc(-n5c6ccccc6c6ccc7c8ccccc8oc7c65)cc4)cc3)n2)cc1. The minimum Gasteiger partial charge on any atom is -0.454 e. The minimum atomic E-state index is 0.642. The first-order chi connectivity index (χ1) is 24.8. The van der Waals surface area contributed by atoms with Gasteiger partial charge in [0.15, 0.2) is 23.1 Å². The Morgan fingerprint density at radius 1 is 0.360 bits per heavy atom. The van der Waals surface area contributed by atoms with Gasteiger partial charge in [-0.05, 0) is 41.5 Å². The van der Waals surface area contributed by atoms with Crippen LogP contribution in [0.1, 0.15) is 0 Å². The van der Waals surface area contributed by atoms with Gasteiger partial charge in [-0.1, -0.05) is 140 Å². The van der Waals surface area contributed by atoms with E-state index in [0.29, 0.717) is 17.5 Å². The van der Waals surface area contributed by atoms with Crippen molar-refractivity contribution in [3.05, 3.63) is 170 Å². The lowest BCUT2D eigenvalue weighted by Gasteiger charge is -2.11. The topological polar surface area (TPSA) is 56.7 Å². The third-order valence-electron chi connectivity index (χ3n) is 9.48. The Morgan fingerprint density at radius 2 is 0.840 bits per heavy atom. The van der Waals surface area contributed by atoms with Gasteiger partial charge in [-0.15, -0.1) is 0 Å². The number of fused-ring (bicyclic) bond motifs is 7. The van der Waals surface area contributed by atoms with E-state index >= 15 is 0 Å². The zero-order valence-corrected chi connectivity index (χ0v) is 26.9. The molecule has 0 radical (unpaired) electrons. The zero-order valence-electron chi connectivity index (χ0n) is 26.9. The van der Waals surface area contributed by atoms with Crippen molar-refractivity contribution in [3.63, 3.8) is 0 Å². The smallest absolute Gasteiger partial charge is 0.164 e. The van der Waals surface area contributed by atoms with E-state index in [1.165, 1.54) is 10.8 Å². The number of hydrogen-bond acceptors (Lipinski definition) is 4. The molecule has 10 rings (SSSR count). The molecule has 0 amide bonds. The molecule has 0 saturated heterocycles. The van der Waals surface area contributed by atoms with Crippen LogP contribution in [0, 0.1) is 0 Å². The van der Waals surface area contributed by atoms with Gasteiger partial charge in [-0.3, -0.25) is 0 Å². The molecule has 7 aromatic carbocycles. The van der Waals surface area contributed by atoms with Crippen molar-refractivity contribution in [1.29, 1.82) is 0 Å². The van der Waals surface area contributed by atoms with E-state index in [2.05, 4.69) is 102 Å². The first-order valence-corrected chi connectivity index (χ1v) is 16.7. The lowest BCUT2D eigenvalue weighted by molar-refractivity contribution is 0.671. The van der Waals surface area contributed by atoms with E-state index in [0.717, 1.165) is 66.5 Å². The fraction of sp³-hybridized carbons (Fsp3) is 0. The van der Waals surface area contributed by atoms with Gasteiger partial charge in [-0.2, -0.15) is 0 Å². The number of benzene rings is 7. The van der Waals surface area contributed by atoms with Crippen LogP contribution >= 0.6 is 0 Å². The third-order valence-corrected chi connectivity index (χ3v) is 9.48. The Bertz CT molecular complexity index is 2780. The molecular weight excluding hydrogens is 613 g/mol. The molecule has 0 aliphatic heterocycles. The number of hydrogen-bond donors (Lipinski definition) is 0. The van der Waals surface area contributed by atoms with Crippen molar-refractivity contribution < 1.29 is 4.42 Å². The second kappa shape index (κ2) is 11.4. The molecule has 0 aliphatic rings. The van der Waals surface area contributed by atoms with Gasteiger partial charge < -0.3 is 8.98 Å². The molecule has 3 heterocycles. The number of aromatic nitrogens is 4. The van der Waals surface area contributed by atoms with Crippen molar-refractivity contribution >= 4 is 43.7 Å². The molecular formula is C45H28N4O. The predicted octanol–water partition coefficient (Wildman–Crippen LogP) is 11.5. The highest BCUT2D eigenvalue weighted by molar-refractivity contribution is 6.21. The van der Waals surface area contributed by atoms with Crippen LogP contribution in [0.25, 0.3) is 94.7 Å². The van der Waals surface area contributed by atoms with Gasteiger partial charge in [0.25, 0.3) is 0 Å². The van der Waals surface area contributed by atoms with Crippen LogP contribution in [-0.4, -0.2) is 19.5 Å². The molecule has 0 bridgehead atoms. The molecule has 10 aromatic rings. The normalized spacial score (nSPS) is 11.6. The quantitative estimate of drug-likeness (QED) is 0.188. The molecule has 0 fully saturated rings. The van der Waals surface area contributed by atoms with Crippen molar-refractivity contribution in [3.8, 4) is 51.0 Å². The Morgan fingerprint density at radius 3 is 1.48 bits per heavy atom. The van der Waals surface area contributed by atoms with Crippen molar-refractivity contribution in [2.45, 2.75) is 0 Å². The van der Waals surface area contributed by atoms with Crippen molar-refractivity contribution in [2.24, 2.45) is 0 Å². The van der Waals surface area contributed by atoms with Crippen LogP contribution in [0.2, 0.25) is 0 Å². The average molecular weight is 641 g/mol. The van der Waals surface area contributed by atoms with Gasteiger partial charge in [0, 0.05) is 43.9 Å². The monoisotopic (exact) mass is 640 g/mol. The molecule has 5 heteroatoms. The fourth-order valence-corrected chi connectivity index (χ4v) is 7.05. The summed E-state index contributed by atoms with van der Waals surface area (Å²) in [4.78, 5) is 14.6. The van der Waals surface area contributed by atoms with Crippen LogP contribution in [0.4, 0.5) is 0 Å². The van der Waals surface area contributed by atoms with Crippen LogP contribution < -0.4 is 0 Å². The number of furan rings is 1. The summed E-state index contributed by atoms with van der Waals surface area (Å²) < 4.78 is 8.86. The summed E-state index contributed by atoms with van der Waals surface area (Å²) in [6.45, 7) is 0. The lowest BCUT2D eigenvalue weighted by atomic mass is 10.0. The molecule has 0 atom stereocenters. The van der Waals surface area contributed by atoms with Crippen LogP contribution in [-0.2, 0) is 0 Å². The maximum Gasteiger partial charge on any atom is 0.164 e. The molecule has 50 heavy (non-hydrogen) atoms. The Labute approximate surface area is 287 Å². The molecule has 234 valence electrons. The second-order valence-corrected chi connectivity index (χ2v) is 12.5. The third kappa shape index (κ3) is 4.60. The lowest BCUT2D eigenvalue weighted by Crippen LogP contribution is -2.00. The van der Waals surface area contributed by atoms with E-state index in [9.17, 15) is 0 Å². The molecule has 0 N–H and O–H groups in total. The predicted molar refractivity (Wildman–Crippen MR) is 203 cm³/mol. The highest BCUT2D eigenvalue weighted by atomic mass is 16.3. The molecule has 0 unspecified atom stereocenters. The number of rotatable bonds is 5. The van der Waals surface area contributed by atoms with Gasteiger partial charge in [0.05, 0.1) is 11.0 Å². The molecule has 3 aromatic heterocycles. The minimum absolute atomic E-state index is 0.642. The van der Waals surface area contributed by atoms with E-state index < -0.39 is 0 Å². The first kappa shape index (κ1) is 28.2. The van der Waals surface area contributed by atoms with Gasteiger partial charge in [-0.25, -0.2) is 15.0 Å². The average Bonchev–Trinajstić information content (AvgIpc) is 3.75. The van der Waals surface area contributed by atoms with Crippen molar-refractivity contribution in [1.82, 2.24) is 19.5 Å². The van der Waals surface area contributed by atoms with Gasteiger partial charge in [0.2, 0.25) is 0 Å². The molecule has 5 nitrogen and oxygen atoms in total. The van der Waals surface area contributed by atoms with E-state index in [-0.39, 0.29) is 0 Å². The van der Waals surface area contributed by atoms with Crippen LogP contribution in [0.15, 0.2) is 174 Å². The van der Waals surface area contributed by atoms with E-state index in [4.69, 9.17) is 19.4 Å². The summed E-state index contributed by atoms with van der Waals surface area (Å²) in [6, 6.07) is 58.6.